The molecular weight excluding hydrogens is 274 g/mol. The number of nitrogens with one attached hydrogen (secondary N) is 1. The first-order chi connectivity index (χ1) is 9.17. The number of carbonyl (C=O) groups excluding carboxylic acids is 1. The number of nitrogens with two attached hydrogens (primary N) is 1. The summed E-state index contributed by atoms with van der Waals surface area (Å²) >= 11 is 0. The summed E-state index contributed by atoms with van der Waals surface area (Å²) < 4.78 is 0. The molecule has 1 aliphatic rings. The lowest BCUT2D eigenvalue weighted by Crippen LogP contribution is -2.45. The summed E-state index contributed by atoms with van der Waals surface area (Å²) in [6.07, 6.45) is 3.16. The van der Waals surface area contributed by atoms with Gasteiger partial charge in [-0.25, -0.2) is 0 Å². The van der Waals surface area contributed by atoms with Crippen LogP contribution in [0.25, 0.3) is 0 Å². The van der Waals surface area contributed by atoms with E-state index >= 15 is 0 Å². The van der Waals surface area contributed by atoms with Gasteiger partial charge in [-0.3, -0.25) is 9.69 Å². The van der Waals surface area contributed by atoms with Gasteiger partial charge in [-0.2, -0.15) is 0 Å². The number of piperidine rings is 1. The number of hydrogen-bond donors (Lipinski definition) is 2. The Hall–Kier alpha value is -1.10. The number of likely N-dealkylation sites (tertiary alicyclic amines) is 1. The molecule has 0 radical (unpaired) electrons. The molecule has 0 aromatic heterocycles. The molecule has 0 aliphatic carbocycles. The summed E-state index contributed by atoms with van der Waals surface area (Å²) in [6.45, 7) is 4.34. The van der Waals surface area contributed by atoms with Crippen LogP contribution in [0, 0.1) is 0 Å². The molecule has 1 amide bonds. The number of nitrogens with zero attached hydrogens (tertiary/aromatic N) is 1. The maximum absolute atomic E-state index is 11.9. The second-order valence-corrected chi connectivity index (χ2v) is 5.24. The van der Waals surface area contributed by atoms with Crippen molar-refractivity contribution in [2.75, 3.05) is 25.0 Å². The van der Waals surface area contributed by atoms with Gasteiger partial charge in [0.2, 0.25) is 5.91 Å². The van der Waals surface area contributed by atoms with Crippen LogP contribution in [0.3, 0.4) is 0 Å². The SMILES string of the molecule is CCc1ccc(NC(=O)CN2CCC[C@@H](N)C2)cc1.Cl. The molecule has 1 aromatic carbocycles. The molecule has 5 heteroatoms. The van der Waals surface area contributed by atoms with Crippen molar-refractivity contribution in [3.05, 3.63) is 29.8 Å². The minimum Gasteiger partial charge on any atom is -0.327 e. The Morgan fingerprint density at radius 1 is 1.40 bits per heavy atom. The van der Waals surface area contributed by atoms with Crippen LogP contribution in [0.5, 0.6) is 0 Å². The molecule has 20 heavy (non-hydrogen) atoms. The first-order valence-corrected chi connectivity index (χ1v) is 7.04. The Labute approximate surface area is 127 Å². The zero-order chi connectivity index (χ0) is 13.7. The summed E-state index contributed by atoms with van der Waals surface area (Å²) in [6, 6.07) is 8.22. The van der Waals surface area contributed by atoms with Crippen LogP contribution < -0.4 is 11.1 Å². The number of aryl methyl sites for hydroxylation is 1. The van der Waals surface area contributed by atoms with Gasteiger partial charge >= 0.3 is 0 Å². The first-order valence-electron chi connectivity index (χ1n) is 7.04. The predicted octanol–water partition coefficient (Wildman–Crippen LogP) is 2.03. The fraction of sp³-hybridized carbons (Fsp3) is 0.533. The largest absolute Gasteiger partial charge is 0.327 e. The molecule has 0 unspecified atom stereocenters. The molecule has 4 nitrogen and oxygen atoms in total. The lowest BCUT2D eigenvalue weighted by atomic mass is 10.1. The summed E-state index contributed by atoms with van der Waals surface area (Å²) in [4.78, 5) is 14.1. The molecule has 1 saturated heterocycles. The van der Waals surface area contributed by atoms with Gasteiger partial charge in [-0.15, -0.1) is 12.4 Å². The van der Waals surface area contributed by atoms with E-state index < -0.39 is 0 Å². The van der Waals surface area contributed by atoms with E-state index in [0.29, 0.717) is 6.54 Å². The number of amides is 1. The van der Waals surface area contributed by atoms with Crippen molar-refractivity contribution in [2.24, 2.45) is 5.73 Å². The van der Waals surface area contributed by atoms with E-state index in [9.17, 15) is 4.79 Å². The average Bonchev–Trinajstić information content (AvgIpc) is 2.39. The molecule has 1 fully saturated rings. The highest BCUT2D eigenvalue weighted by molar-refractivity contribution is 5.92. The maximum Gasteiger partial charge on any atom is 0.238 e. The van der Waals surface area contributed by atoms with E-state index in [0.717, 1.165) is 38.0 Å². The predicted molar refractivity (Wildman–Crippen MR) is 85.3 cm³/mol. The van der Waals surface area contributed by atoms with Crippen molar-refractivity contribution in [1.29, 1.82) is 0 Å². The summed E-state index contributed by atoms with van der Waals surface area (Å²) in [7, 11) is 0. The highest BCUT2D eigenvalue weighted by Crippen LogP contribution is 2.11. The number of carbonyl (C=O) groups is 1. The summed E-state index contributed by atoms with van der Waals surface area (Å²) in [5.74, 6) is 0.0401. The number of anilines is 1. The van der Waals surface area contributed by atoms with Crippen molar-refractivity contribution >= 4 is 24.0 Å². The molecule has 0 spiro atoms. The van der Waals surface area contributed by atoms with E-state index in [1.54, 1.807) is 0 Å². The molecule has 112 valence electrons. The highest BCUT2D eigenvalue weighted by atomic mass is 35.5. The van der Waals surface area contributed by atoms with Gasteiger partial charge < -0.3 is 11.1 Å². The van der Waals surface area contributed by atoms with Gasteiger partial charge in [-0.1, -0.05) is 19.1 Å². The van der Waals surface area contributed by atoms with E-state index in [1.165, 1.54) is 5.56 Å². The minimum atomic E-state index is 0. The molecule has 1 aliphatic heterocycles. The molecule has 3 N–H and O–H groups in total. The first kappa shape index (κ1) is 17.0. The minimum absolute atomic E-state index is 0. The zero-order valence-corrected chi connectivity index (χ0v) is 12.8. The third kappa shape index (κ3) is 5.12. The average molecular weight is 298 g/mol. The Morgan fingerprint density at radius 3 is 2.70 bits per heavy atom. The van der Waals surface area contributed by atoms with Crippen LogP contribution in [-0.4, -0.2) is 36.5 Å². The molecule has 0 saturated carbocycles. The fourth-order valence-corrected chi connectivity index (χ4v) is 2.46. The molecule has 0 bridgehead atoms. The standard InChI is InChI=1S/C15H23N3O.ClH/c1-2-12-5-7-14(8-6-12)17-15(19)11-18-9-3-4-13(16)10-18;/h5-8,13H,2-4,9-11,16H2,1H3,(H,17,19);1H/t13-;/m1./s1. The van der Waals surface area contributed by atoms with E-state index in [1.807, 2.05) is 24.3 Å². The van der Waals surface area contributed by atoms with Crippen molar-refractivity contribution in [3.63, 3.8) is 0 Å². The quantitative estimate of drug-likeness (QED) is 0.894. The van der Waals surface area contributed by atoms with Crippen LogP contribution in [0.15, 0.2) is 24.3 Å². The van der Waals surface area contributed by atoms with E-state index in [2.05, 4.69) is 17.1 Å². The zero-order valence-electron chi connectivity index (χ0n) is 12.0. The van der Waals surface area contributed by atoms with Gasteiger partial charge in [0, 0.05) is 18.3 Å². The Bertz CT molecular complexity index is 422. The molecule has 1 atom stereocenters. The number of hydrogen-bond acceptors (Lipinski definition) is 3. The third-order valence-corrected chi connectivity index (χ3v) is 3.56. The molecule has 1 heterocycles. The van der Waals surface area contributed by atoms with Crippen LogP contribution in [0.4, 0.5) is 5.69 Å². The van der Waals surface area contributed by atoms with Crippen molar-refractivity contribution in [3.8, 4) is 0 Å². The Balaban J connectivity index is 0.00000200. The second-order valence-electron chi connectivity index (χ2n) is 5.24. The number of rotatable bonds is 4. The van der Waals surface area contributed by atoms with E-state index in [4.69, 9.17) is 5.73 Å². The van der Waals surface area contributed by atoms with Gasteiger partial charge in [-0.05, 0) is 43.5 Å². The van der Waals surface area contributed by atoms with Gasteiger partial charge in [0.05, 0.1) is 6.54 Å². The normalized spacial score (nSPS) is 19.2. The van der Waals surface area contributed by atoms with Crippen LogP contribution >= 0.6 is 12.4 Å². The monoisotopic (exact) mass is 297 g/mol. The Morgan fingerprint density at radius 2 is 2.10 bits per heavy atom. The van der Waals surface area contributed by atoms with Crippen LogP contribution in [-0.2, 0) is 11.2 Å². The fourth-order valence-electron chi connectivity index (χ4n) is 2.46. The van der Waals surface area contributed by atoms with Gasteiger partial charge in [0.1, 0.15) is 0 Å². The molecule has 2 rings (SSSR count). The summed E-state index contributed by atoms with van der Waals surface area (Å²) in [5.41, 5.74) is 8.05. The van der Waals surface area contributed by atoms with E-state index in [-0.39, 0.29) is 24.4 Å². The highest BCUT2D eigenvalue weighted by Gasteiger charge is 2.18. The topological polar surface area (TPSA) is 58.4 Å². The number of benzene rings is 1. The second kappa shape index (κ2) is 8.25. The third-order valence-electron chi connectivity index (χ3n) is 3.56. The number of halogens is 1. The summed E-state index contributed by atoms with van der Waals surface area (Å²) in [5, 5.41) is 2.93. The maximum atomic E-state index is 11.9. The van der Waals surface area contributed by atoms with Gasteiger partial charge in [0.15, 0.2) is 0 Å². The molecule has 1 aromatic rings. The van der Waals surface area contributed by atoms with Gasteiger partial charge in [0.25, 0.3) is 0 Å². The van der Waals surface area contributed by atoms with Crippen LogP contribution in [0.2, 0.25) is 0 Å². The van der Waals surface area contributed by atoms with Crippen LogP contribution in [0.1, 0.15) is 25.3 Å². The molecular formula is C15H24ClN3O. The lowest BCUT2D eigenvalue weighted by molar-refractivity contribution is -0.117. The Kier molecular flexibility index (Phi) is 6.99. The van der Waals surface area contributed by atoms with Crippen molar-refractivity contribution in [2.45, 2.75) is 32.2 Å². The van der Waals surface area contributed by atoms with Crippen molar-refractivity contribution in [1.82, 2.24) is 4.90 Å². The van der Waals surface area contributed by atoms with Crippen molar-refractivity contribution < 1.29 is 4.79 Å². The smallest absolute Gasteiger partial charge is 0.238 e. The lowest BCUT2D eigenvalue weighted by Gasteiger charge is -2.29.